The van der Waals surface area contributed by atoms with Gasteiger partial charge in [-0.05, 0) is 36.7 Å². The maximum atomic E-state index is 12.1. The third-order valence-electron chi connectivity index (χ3n) is 2.92. The van der Waals surface area contributed by atoms with Crippen LogP contribution in [-0.2, 0) is 4.79 Å². The summed E-state index contributed by atoms with van der Waals surface area (Å²) in [5, 5.41) is 17.9. The molecule has 0 saturated heterocycles. The van der Waals surface area contributed by atoms with E-state index in [0.29, 0.717) is 30.8 Å². The highest BCUT2D eigenvalue weighted by Gasteiger charge is 2.16. The number of aryl methyl sites for hydroxylation is 1. The van der Waals surface area contributed by atoms with E-state index in [1.807, 2.05) is 0 Å². The van der Waals surface area contributed by atoms with Crippen molar-refractivity contribution in [2.75, 3.05) is 16.4 Å². The molecule has 0 aliphatic carbocycles. The van der Waals surface area contributed by atoms with Crippen molar-refractivity contribution in [2.45, 2.75) is 11.3 Å². The fraction of sp³-hybridized carbons (Fsp3) is 0.143. The van der Waals surface area contributed by atoms with E-state index in [9.17, 15) is 9.59 Å². The third kappa shape index (κ3) is 4.97. The average molecular weight is 427 g/mol. The van der Waals surface area contributed by atoms with Crippen molar-refractivity contribution in [2.24, 2.45) is 0 Å². The van der Waals surface area contributed by atoms with Crippen molar-refractivity contribution in [3.8, 4) is 0 Å². The summed E-state index contributed by atoms with van der Waals surface area (Å²) in [5.74, 6) is -0.360. The minimum atomic E-state index is -0.330. The second kappa shape index (κ2) is 8.54. The number of hydrogen-bond acceptors (Lipinski definition) is 9. The van der Waals surface area contributed by atoms with Crippen molar-refractivity contribution >= 4 is 68.9 Å². The average Bonchev–Trinajstić information content (AvgIpc) is 3.22. The van der Waals surface area contributed by atoms with Gasteiger partial charge < -0.3 is 5.32 Å². The highest BCUT2D eigenvalue weighted by molar-refractivity contribution is 8.01. The van der Waals surface area contributed by atoms with E-state index >= 15 is 0 Å². The van der Waals surface area contributed by atoms with E-state index in [1.54, 1.807) is 31.2 Å². The van der Waals surface area contributed by atoms with Gasteiger partial charge in [0.2, 0.25) is 11.0 Å². The van der Waals surface area contributed by atoms with E-state index in [-0.39, 0.29) is 17.6 Å². The van der Waals surface area contributed by atoms with Crippen LogP contribution < -0.4 is 10.6 Å². The molecular formula is C14H11ClN6O2S3. The van der Waals surface area contributed by atoms with Crippen molar-refractivity contribution in [3.63, 3.8) is 0 Å². The maximum absolute atomic E-state index is 12.1. The zero-order chi connectivity index (χ0) is 18.5. The zero-order valence-electron chi connectivity index (χ0n) is 13.2. The van der Waals surface area contributed by atoms with Crippen LogP contribution in [0.5, 0.6) is 0 Å². The lowest BCUT2D eigenvalue weighted by atomic mass is 10.3. The van der Waals surface area contributed by atoms with Crippen molar-refractivity contribution in [1.82, 2.24) is 19.8 Å². The van der Waals surface area contributed by atoms with Gasteiger partial charge in [0.05, 0.1) is 11.4 Å². The van der Waals surface area contributed by atoms with Crippen molar-refractivity contribution < 1.29 is 9.59 Å². The number of nitrogens with one attached hydrogen (secondary N) is 2. The van der Waals surface area contributed by atoms with Crippen LogP contribution in [-0.4, -0.2) is 37.4 Å². The predicted octanol–water partition coefficient (Wildman–Crippen LogP) is 3.33. The summed E-state index contributed by atoms with van der Waals surface area (Å²) in [6, 6.07) is 6.90. The summed E-state index contributed by atoms with van der Waals surface area (Å²) < 4.78 is 4.29. The maximum Gasteiger partial charge on any atom is 0.271 e. The minimum absolute atomic E-state index is 0.160. The Morgan fingerprint density at radius 3 is 2.81 bits per heavy atom. The van der Waals surface area contributed by atoms with Gasteiger partial charge in [-0.2, -0.15) is 0 Å². The molecule has 0 aliphatic rings. The SMILES string of the molecule is Cc1nnsc1C(=O)Nc1nnc(SCC(=O)Nc2cccc(Cl)c2)s1. The van der Waals surface area contributed by atoms with Crippen LogP contribution in [0.2, 0.25) is 5.02 Å². The van der Waals surface area contributed by atoms with E-state index in [2.05, 4.69) is 30.4 Å². The molecule has 12 heteroatoms. The fourth-order valence-corrected chi connectivity index (χ4v) is 4.09. The van der Waals surface area contributed by atoms with Gasteiger partial charge in [-0.25, -0.2) is 0 Å². The van der Waals surface area contributed by atoms with Gasteiger partial charge >= 0.3 is 0 Å². The first-order valence-electron chi connectivity index (χ1n) is 7.13. The number of amides is 2. The first-order chi connectivity index (χ1) is 12.5. The van der Waals surface area contributed by atoms with Gasteiger partial charge in [0.1, 0.15) is 4.88 Å². The number of nitrogens with zero attached hydrogens (tertiary/aromatic N) is 4. The molecule has 0 saturated carbocycles. The lowest BCUT2D eigenvalue weighted by Crippen LogP contribution is -2.13. The van der Waals surface area contributed by atoms with Crippen LogP contribution in [0.1, 0.15) is 15.4 Å². The number of halogens is 1. The smallest absolute Gasteiger partial charge is 0.271 e. The molecule has 3 aromatic rings. The Morgan fingerprint density at radius 1 is 1.23 bits per heavy atom. The van der Waals surface area contributed by atoms with Crippen molar-refractivity contribution in [1.29, 1.82) is 0 Å². The second-order valence-corrected chi connectivity index (χ2v) is 8.25. The summed E-state index contributed by atoms with van der Waals surface area (Å²) in [5.41, 5.74) is 1.19. The van der Waals surface area contributed by atoms with E-state index in [0.717, 1.165) is 11.5 Å². The number of carbonyl (C=O) groups excluding carboxylic acids is 2. The topological polar surface area (TPSA) is 110 Å². The van der Waals surface area contributed by atoms with Crippen LogP contribution in [0.4, 0.5) is 10.8 Å². The highest BCUT2D eigenvalue weighted by Crippen LogP contribution is 2.26. The molecular weight excluding hydrogens is 416 g/mol. The summed E-state index contributed by atoms with van der Waals surface area (Å²) in [4.78, 5) is 24.5. The minimum Gasteiger partial charge on any atom is -0.325 e. The molecule has 1 aromatic carbocycles. The molecule has 2 aromatic heterocycles. The molecule has 134 valence electrons. The van der Waals surface area contributed by atoms with E-state index in [1.165, 1.54) is 23.1 Å². The molecule has 26 heavy (non-hydrogen) atoms. The van der Waals surface area contributed by atoms with Crippen LogP contribution in [0.25, 0.3) is 0 Å². The second-order valence-electron chi connectivity index (χ2n) is 4.86. The van der Waals surface area contributed by atoms with Crippen LogP contribution in [0.3, 0.4) is 0 Å². The highest BCUT2D eigenvalue weighted by atomic mass is 35.5. The zero-order valence-corrected chi connectivity index (χ0v) is 16.4. The molecule has 3 rings (SSSR count). The fourth-order valence-electron chi connectivity index (χ4n) is 1.80. The summed E-state index contributed by atoms with van der Waals surface area (Å²) >= 11 is 9.31. The quantitative estimate of drug-likeness (QED) is 0.459. The molecule has 0 radical (unpaired) electrons. The van der Waals surface area contributed by atoms with E-state index in [4.69, 9.17) is 11.6 Å². The number of hydrogen-bond donors (Lipinski definition) is 2. The monoisotopic (exact) mass is 426 g/mol. The predicted molar refractivity (Wildman–Crippen MR) is 103 cm³/mol. The molecule has 0 unspecified atom stereocenters. The molecule has 0 spiro atoms. The Morgan fingerprint density at radius 2 is 2.08 bits per heavy atom. The van der Waals surface area contributed by atoms with Gasteiger partial charge in [0.15, 0.2) is 4.34 Å². The number of carbonyl (C=O) groups is 2. The Hall–Kier alpha value is -2.08. The molecule has 0 atom stereocenters. The van der Waals surface area contributed by atoms with Crippen molar-refractivity contribution in [3.05, 3.63) is 39.9 Å². The Kier molecular flexibility index (Phi) is 6.14. The molecule has 0 bridgehead atoms. The van der Waals surface area contributed by atoms with Gasteiger partial charge in [-0.1, -0.05) is 45.3 Å². The summed E-state index contributed by atoms with van der Waals surface area (Å²) in [7, 11) is 0. The van der Waals surface area contributed by atoms with Crippen LogP contribution in [0, 0.1) is 6.92 Å². The molecule has 2 heterocycles. The Labute approximate surface area is 165 Å². The Bertz CT molecular complexity index is 944. The summed E-state index contributed by atoms with van der Waals surface area (Å²) in [6.45, 7) is 1.71. The lowest BCUT2D eigenvalue weighted by Gasteiger charge is -2.04. The molecule has 8 nitrogen and oxygen atoms in total. The van der Waals surface area contributed by atoms with Crippen LogP contribution >= 0.6 is 46.2 Å². The summed E-state index contributed by atoms with van der Waals surface area (Å²) in [6.07, 6.45) is 0. The van der Waals surface area contributed by atoms with Gasteiger partial charge in [0.25, 0.3) is 5.91 Å². The van der Waals surface area contributed by atoms with Gasteiger partial charge in [-0.15, -0.1) is 15.3 Å². The number of rotatable bonds is 6. The molecule has 2 amide bonds. The first kappa shape index (κ1) is 18.7. The standard InChI is InChI=1S/C14H11ClN6O2S3/c1-7-11(26-21-18-7)12(23)17-13-19-20-14(25-13)24-6-10(22)16-9-4-2-3-8(15)5-9/h2-5H,6H2,1H3,(H,16,22)(H,17,19,23). The Balaban J connectivity index is 1.51. The first-order valence-corrected chi connectivity index (χ1v) is 10.1. The number of anilines is 2. The van der Waals surface area contributed by atoms with Gasteiger partial charge in [0, 0.05) is 10.7 Å². The lowest BCUT2D eigenvalue weighted by molar-refractivity contribution is -0.113. The number of benzene rings is 1. The van der Waals surface area contributed by atoms with E-state index < -0.39 is 0 Å². The largest absolute Gasteiger partial charge is 0.325 e. The van der Waals surface area contributed by atoms with Gasteiger partial charge in [-0.3, -0.25) is 14.9 Å². The third-order valence-corrected chi connectivity index (χ3v) is 5.95. The molecule has 2 N–H and O–H groups in total. The van der Waals surface area contributed by atoms with Crippen LogP contribution in [0.15, 0.2) is 28.6 Å². The number of thioether (sulfide) groups is 1. The normalized spacial score (nSPS) is 10.5. The molecule has 0 fully saturated rings. The number of aromatic nitrogens is 4. The molecule has 0 aliphatic heterocycles.